The smallest absolute Gasteiger partial charge is 0.0832 e. The second-order valence-corrected chi connectivity index (χ2v) is 13.2. The van der Waals surface area contributed by atoms with Gasteiger partial charge in [-0.25, -0.2) is 0 Å². The Bertz CT molecular complexity index is 733. The molecule has 4 aliphatic rings. The molecule has 33 heavy (non-hydrogen) atoms. The topological polar surface area (TPSA) is 80.9 Å². The molecule has 0 aromatic rings. The Balaban J connectivity index is 1.57. The van der Waals surface area contributed by atoms with E-state index in [9.17, 15) is 20.4 Å². The third-order valence-electron chi connectivity index (χ3n) is 11.5. The van der Waals surface area contributed by atoms with E-state index in [1.54, 1.807) is 0 Å². The Kier molecular flexibility index (Phi) is 7.17. The molecule has 3 saturated carbocycles. The van der Waals surface area contributed by atoms with E-state index < -0.39 is 18.3 Å². The van der Waals surface area contributed by atoms with Crippen molar-refractivity contribution in [3.05, 3.63) is 11.6 Å². The molecule has 4 aliphatic carbocycles. The van der Waals surface area contributed by atoms with E-state index >= 15 is 0 Å². The van der Waals surface area contributed by atoms with Gasteiger partial charge in [-0.1, -0.05) is 59.6 Å². The Hall–Kier alpha value is -0.420. The second kappa shape index (κ2) is 9.22. The summed E-state index contributed by atoms with van der Waals surface area (Å²) in [5.41, 5.74) is 1.49. The fourth-order valence-electron chi connectivity index (χ4n) is 9.44. The summed E-state index contributed by atoms with van der Waals surface area (Å²) in [7, 11) is 0. The second-order valence-electron chi connectivity index (χ2n) is 13.2. The van der Waals surface area contributed by atoms with Crippen LogP contribution in [0.25, 0.3) is 0 Å². The minimum absolute atomic E-state index is 0.0478. The van der Waals surface area contributed by atoms with Gasteiger partial charge in [0.05, 0.1) is 24.4 Å². The van der Waals surface area contributed by atoms with E-state index in [1.807, 2.05) is 0 Å². The van der Waals surface area contributed by atoms with Gasteiger partial charge in [-0.2, -0.15) is 0 Å². The highest BCUT2D eigenvalue weighted by Crippen LogP contribution is 2.67. The zero-order valence-electron chi connectivity index (χ0n) is 21.9. The molecule has 4 heteroatoms. The van der Waals surface area contributed by atoms with Crippen molar-refractivity contribution in [2.75, 3.05) is 0 Å². The standard InChI is InChI=1S/C29H50O4/c1-7-20(16(2)3)27(33)26(32)17(4)21-8-9-22-25-23(11-13-29(21,22)6)28(5)12-10-19(30)14-18(28)15-24(25)31/h15-17,19-27,30-33H,7-14H2,1-6H3/t17-,19-,20-,21+,22-,23-,24+,25-,26+,27+,28-,29+/m0/s1. The lowest BCUT2D eigenvalue weighted by Gasteiger charge is -2.59. The number of hydrogen-bond donors (Lipinski definition) is 4. The van der Waals surface area contributed by atoms with Gasteiger partial charge < -0.3 is 20.4 Å². The summed E-state index contributed by atoms with van der Waals surface area (Å²) in [4.78, 5) is 0. The van der Waals surface area contributed by atoms with Gasteiger partial charge in [-0.3, -0.25) is 0 Å². The largest absolute Gasteiger partial charge is 0.393 e. The van der Waals surface area contributed by atoms with E-state index in [4.69, 9.17) is 0 Å². The molecule has 0 radical (unpaired) electrons. The predicted molar refractivity (Wildman–Crippen MR) is 132 cm³/mol. The van der Waals surface area contributed by atoms with E-state index in [0.29, 0.717) is 23.7 Å². The van der Waals surface area contributed by atoms with E-state index in [0.717, 1.165) is 51.4 Å². The highest BCUT2D eigenvalue weighted by Gasteiger charge is 2.61. The quantitative estimate of drug-likeness (QED) is 0.422. The fourth-order valence-corrected chi connectivity index (χ4v) is 9.44. The maximum Gasteiger partial charge on any atom is 0.0832 e. The zero-order chi connectivity index (χ0) is 24.3. The summed E-state index contributed by atoms with van der Waals surface area (Å²) >= 11 is 0. The van der Waals surface area contributed by atoms with Crippen LogP contribution < -0.4 is 0 Å². The van der Waals surface area contributed by atoms with Crippen LogP contribution in [-0.2, 0) is 0 Å². The van der Waals surface area contributed by atoms with Crippen LogP contribution in [0.2, 0.25) is 0 Å². The first-order valence-electron chi connectivity index (χ1n) is 13.9. The van der Waals surface area contributed by atoms with E-state index in [-0.39, 0.29) is 34.7 Å². The number of aliphatic hydroxyl groups excluding tert-OH is 4. The normalized spacial score (nSPS) is 46.6. The minimum Gasteiger partial charge on any atom is -0.393 e. The summed E-state index contributed by atoms with van der Waals surface area (Å²) in [6.45, 7) is 13.4. The molecule has 0 spiro atoms. The van der Waals surface area contributed by atoms with Gasteiger partial charge in [0.1, 0.15) is 0 Å². The Morgan fingerprint density at radius 2 is 1.64 bits per heavy atom. The van der Waals surface area contributed by atoms with Crippen LogP contribution in [0.1, 0.15) is 92.9 Å². The average molecular weight is 463 g/mol. The van der Waals surface area contributed by atoms with Crippen LogP contribution >= 0.6 is 0 Å². The molecule has 0 aromatic heterocycles. The number of fused-ring (bicyclic) bond motifs is 5. The van der Waals surface area contributed by atoms with Gasteiger partial charge in [0.2, 0.25) is 0 Å². The minimum atomic E-state index is -0.698. The molecule has 0 amide bonds. The van der Waals surface area contributed by atoms with Crippen molar-refractivity contribution in [2.45, 2.75) is 117 Å². The van der Waals surface area contributed by atoms with Crippen LogP contribution in [-0.4, -0.2) is 44.8 Å². The molecule has 0 saturated heterocycles. The molecule has 3 fully saturated rings. The maximum atomic E-state index is 11.3. The number of aliphatic hydroxyl groups is 4. The third kappa shape index (κ3) is 4.05. The summed E-state index contributed by atoms with van der Waals surface area (Å²) in [5.74, 6) is 2.09. The van der Waals surface area contributed by atoms with Gasteiger partial charge in [0, 0.05) is 0 Å². The Morgan fingerprint density at radius 1 is 0.939 bits per heavy atom. The van der Waals surface area contributed by atoms with Crippen molar-refractivity contribution in [3.8, 4) is 0 Å². The molecule has 0 aromatic carbocycles. The van der Waals surface area contributed by atoms with Crippen molar-refractivity contribution in [1.29, 1.82) is 0 Å². The van der Waals surface area contributed by atoms with Crippen molar-refractivity contribution in [2.24, 2.45) is 52.3 Å². The third-order valence-corrected chi connectivity index (χ3v) is 11.5. The highest BCUT2D eigenvalue weighted by atomic mass is 16.3. The maximum absolute atomic E-state index is 11.3. The molecule has 4 rings (SSSR count). The zero-order valence-corrected chi connectivity index (χ0v) is 21.9. The average Bonchev–Trinajstić information content (AvgIpc) is 3.11. The van der Waals surface area contributed by atoms with Gasteiger partial charge in [-0.05, 0) is 97.2 Å². The van der Waals surface area contributed by atoms with Crippen LogP contribution in [0, 0.1) is 52.3 Å². The van der Waals surface area contributed by atoms with Crippen LogP contribution in [0.4, 0.5) is 0 Å². The molecule has 4 N–H and O–H groups in total. The monoisotopic (exact) mass is 462 g/mol. The van der Waals surface area contributed by atoms with Crippen molar-refractivity contribution in [3.63, 3.8) is 0 Å². The Labute approximate surface area is 201 Å². The SMILES string of the molecule is CC[C@@H](C(C)C)[C@@H](O)[C@H](O)[C@@H](C)[C@H]1CC[C@H]2[C@@H]3[C@H](O)C=C4C[C@@H](O)CC[C@]4(C)[C@H]3CC[C@]12C. The molecule has 0 heterocycles. The summed E-state index contributed by atoms with van der Waals surface area (Å²) in [5, 5.41) is 43.9. The lowest BCUT2D eigenvalue weighted by molar-refractivity contribution is -0.116. The van der Waals surface area contributed by atoms with Gasteiger partial charge in [0.15, 0.2) is 0 Å². The number of hydrogen-bond acceptors (Lipinski definition) is 4. The summed E-state index contributed by atoms with van der Waals surface area (Å²) in [6, 6.07) is 0. The molecular formula is C29H50O4. The summed E-state index contributed by atoms with van der Waals surface area (Å²) in [6.07, 6.45) is 7.97. The molecule has 190 valence electrons. The van der Waals surface area contributed by atoms with Crippen LogP contribution in [0.5, 0.6) is 0 Å². The molecule has 0 aliphatic heterocycles. The Morgan fingerprint density at radius 3 is 2.27 bits per heavy atom. The van der Waals surface area contributed by atoms with Crippen molar-refractivity contribution < 1.29 is 20.4 Å². The highest BCUT2D eigenvalue weighted by molar-refractivity contribution is 5.28. The number of rotatable bonds is 6. The molecule has 0 unspecified atom stereocenters. The fraction of sp³-hybridized carbons (Fsp3) is 0.931. The lowest BCUT2D eigenvalue weighted by atomic mass is 9.46. The van der Waals surface area contributed by atoms with Crippen molar-refractivity contribution in [1.82, 2.24) is 0 Å². The molecular weight excluding hydrogens is 412 g/mol. The first kappa shape index (κ1) is 25.7. The van der Waals surface area contributed by atoms with Crippen molar-refractivity contribution >= 4 is 0 Å². The molecule has 12 atom stereocenters. The first-order valence-corrected chi connectivity index (χ1v) is 13.9. The lowest BCUT2D eigenvalue weighted by Crippen LogP contribution is -2.55. The first-order chi connectivity index (χ1) is 15.5. The summed E-state index contributed by atoms with van der Waals surface area (Å²) < 4.78 is 0. The van der Waals surface area contributed by atoms with Gasteiger partial charge in [0.25, 0.3) is 0 Å². The van der Waals surface area contributed by atoms with Crippen LogP contribution in [0.15, 0.2) is 11.6 Å². The van der Waals surface area contributed by atoms with E-state index in [2.05, 4.69) is 47.6 Å². The molecule has 0 bridgehead atoms. The van der Waals surface area contributed by atoms with E-state index in [1.165, 1.54) is 5.57 Å². The van der Waals surface area contributed by atoms with Crippen LogP contribution in [0.3, 0.4) is 0 Å². The molecule has 4 nitrogen and oxygen atoms in total. The van der Waals surface area contributed by atoms with Gasteiger partial charge in [-0.15, -0.1) is 0 Å². The predicted octanol–water partition coefficient (Wildman–Crippen LogP) is 4.94. The van der Waals surface area contributed by atoms with Gasteiger partial charge >= 0.3 is 0 Å².